The summed E-state index contributed by atoms with van der Waals surface area (Å²) >= 11 is 0. The molecule has 0 atom stereocenters. The van der Waals surface area contributed by atoms with Gasteiger partial charge < -0.3 is 4.57 Å². The van der Waals surface area contributed by atoms with Gasteiger partial charge in [-0.15, -0.1) is 0 Å². The van der Waals surface area contributed by atoms with E-state index in [-0.39, 0.29) is 0 Å². The van der Waals surface area contributed by atoms with Crippen LogP contribution >= 0.6 is 0 Å². The molecule has 206 valence electrons. The lowest BCUT2D eigenvalue weighted by atomic mass is 10.1. The third-order valence-electron chi connectivity index (χ3n) is 8.31. The molecule has 0 saturated carbocycles. The predicted molar refractivity (Wildman–Crippen MR) is 179 cm³/mol. The van der Waals surface area contributed by atoms with E-state index in [2.05, 4.69) is 75.9 Å². The average Bonchev–Trinajstić information content (AvgIpc) is 3.62. The van der Waals surface area contributed by atoms with E-state index < -0.39 is 0 Å². The summed E-state index contributed by atoms with van der Waals surface area (Å²) in [5.74, 6) is 1.80. The molecule has 0 N–H and O–H groups in total. The van der Waals surface area contributed by atoms with Crippen LogP contribution in [0.5, 0.6) is 0 Å². The first-order valence-electron chi connectivity index (χ1n) is 15.1. The summed E-state index contributed by atoms with van der Waals surface area (Å²) in [4.78, 5) is 15.1. The number of para-hydroxylation sites is 3. The van der Waals surface area contributed by atoms with Crippen molar-refractivity contribution in [3.05, 3.63) is 152 Å². The molecule has 0 bridgehead atoms. The molecule has 0 aliphatic rings. The van der Waals surface area contributed by atoms with Gasteiger partial charge in [-0.05, 0) is 30.3 Å². The van der Waals surface area contributed by atoms with Crippen molar-refractivity contribution < 1.29 is 1.37 Å². The zero-order chi connectivity index (χ0) is 29.9. The molecular formula is C39H25N5. The van der Waals surface area contributed by atoms with Crippen molar-refractivity contribution in [1.82, 2.24) is 24.1 Å². The smallest absolute Gasteiger partial charge is 0.238 e. The van der Waals surface area contributed by atoms with Gasteiger partial charge in [-0.25, -0.2) is 4.98 Å². The third-order valence-corrected chi connectivity index (χ3v) is 8.31. The molecule has 0 spiro atoms. The standard InChI is InChI=1S/C39H25N5/c1-4-14-26(15-5-1)37-40-38(27-16-6-2-7-17-27)42-39(41-37)44-33-23-13-11-21-31(33)35-34(44)25-24-30-29-20-10-12-22-32(29)43(36(30)35)28-18-8-3-9-19-28/h1-25H/i10D. The highest BCUT2D eigenvalue weighted by molar-refractivity contribution is 6.26. The average molecular weight is 565 g/mol. The van der Waals surface area contributed by atoms with E-state index in [1.807, 2.05) is 78.9 Å². The molecule has 5 nitrogen and oxygen atoms in total. The van der Waals surface area contributed by atoms with Crippen molar-refractivity contribution in [1.29, 1.82) is 0 Å². The Balaban J connectivity index is 1.43. The lowest BCUT2D eigenvalue weighted by Crippen LogP contribution is -2.06. The minimum Gasteiger partial charge on any atom is -0.309 e. The van der Waals surface area contributed by atoms with Gasteiger partial charge in [0.1, 0.15) is 0 Å². The summed E-state index contributed by atoms with van der Waals surface area (Å²) in [5.41, 5.74) is 7.09. The number of aromatic nitrogens is 5. The largest absolute Gasteiger partial charge is 0.309 e. The Morgan fingerprint density at radius 1 is 0.432 bits per heavy atom. The summed E-state index contributed by atoms with van der Waals surface area (Å²) in [6.07, 6.45) is 0. The van der Waals surface area contributed by atoms with Gasteiger partial charge in [0, 0.05) is 38.4 Å². The van der Waals surface area contributed by atoms with E-state index in [9.17, 15) is 0 Å². The molecule has 0 amide bonds. The van der Waals surface area contributed by atoms with Crippen LogP contribution in [0, 0.1) is 0 Å². The molecule has 0 unspecified atom stereocenters. The van der Waals surface area contributed by atoms with Crippen LogP contribution in [0.2, 0.25) is 0 Å². The molecule has 3 aromatic heterocycles. The number of hydrogen-bond acceptors (Lipinski definition) is 3. The summed E-state index contributed by atoms with van der Waals surface area (Å²) in [6, 6.07) is 49.7. The number of benzene rings is 6. The normalized spacial score (nSPS) is 12.0. The van der Waals surface area contributed by atoms with Crippen LogP contribution < -0.4 is 0 Å². The SMILES string of the molecule is [2H]c1ccc2c(c1)c1ccc3c(c4ccccc4n3-c3nc(-c4ccccc4)nc(-c4ccccc4)n3)c1n2-c1ccccc1. The lowest BCUT2D eigenvalue weighted by Gasteiger charge is -2.11. The van der Waals surface area contributed by atoms with E-state index in [1.165, 1.54) is 0 Å². The van der Waals surface area contributed by atoms with Gasteiger partial charge in [0.2, 0.25) is 5.95 Å². The van der Waals surface area contributed by atoms with Crippen molar-refractivity contribution in [2.24, 2.45) is 0 Å². The van der Waals surface area contributed by atoms with Gasteiger partial charge in [-0.2, -0.15) is 9.97 Å². The van der Waals surface area contributed by atoms with Crippen molar-refractivity contribution in [3.8, 4) is 34.4 Å². The first-order chi connectivity index (χ1) is 22.2. The molecule has 0 aliphatic heterocycles. The first kappa shape index (κ1) is 23.5. The molecule has 0 radical (unpaired) electrons. The van der Waals surface area contributed by atoms with E-state index in [4.69, 9.17) is 16.3 Å². The number of hydrogen-bond donors (Lipinski definition) is 0. The van der Waals surface area contributed by atoms with E-state index in [1.54, 1.807) is 0 Å². The van der Waals surface area contributed by atoms with Crippen LogP contribution in [0.25, 0.3) is 78.0 Å². The molecule has 0 aliphatic carbocycles. The van der Waals surface area contributed by atoms with Gasteiger partial charge in [-0.1, -0.05) is 121 Å². The minimum absolute atomic E-state index is 0.490. The molecule has 5 heteroatoms. The van der Waals surface area contributed by atoms with Crippen LogP contribution in [0.3, 0.4) is 0 Å². The van der Waals surface area contributed by atoms with Crippen LogP contribution in [0.1, 0.15) is 1.37 Å². The van der Waals surface area contributed by atoms with E-state index in [0.717, 1.165) is 60.4 Å². The highest BCUT2D eigenvalue weighted by Gasteiger charge is 2.22. The molecular weight excluding hydrogens is 538 g/mol. The fourth-order valence-electron chi connectivity index (χ4n) is 6.40. The highest BCUT2D eigenvalue weighted by atomic mass is 15.2. The molecule has 0 fully saturated rings. The van der Waals surface area contributed by atoms with Gasteiger partial charge >= 0.3 is 0 Å². The Hall–Kier alpha value is -6.07. The topological polar surface area (TPSA) is 48.5 Å². The van der Waals surface area contributed by atoms with Gasteiger partial charge in [-0.3, -0.25) is 4.57 Å². The third kappa shape index (κ3) is 3.69. The van der Waals surface area contributed by atoms with Crippen molar-refractivity contribution >= 4 is 43.6 Å². The zero-order valence-electron chi connectivity index (χ0n) is 24.6. The lowest BCUT2D eigenvalue weighted by molar-refractivity contribution is 0.953. The van der Waals surface area contributed by atoms with Gasteiger partial charge in [0.15, 0.2) is 11.6 Å². The van der Waals surface area contributed by atoms with Crippen molar-refractivity contribution in [3.63, 3.8) is 0 Å². The monoisotopic (exact) mass is 564 g/mol. The summed E-state index contributed by atoms with van der Waals surface area (Å²) in [6.45, 7) is 0. The molecule has 0 saturated heterocycles. The maximum absolute atomic E-state index is 8.42. The number of rotatable bonds is 4. The highest BCUT2D eigenvalue weighted by Crippen LogP contribution is 2.41. The van der Waals surface area contributed by atoms with Crippen LogP contribution in [-0.4, -0.2) is 24.1 Å². The Labute approximate surface area is 254 Å². The maximum Gasteiger partial charge on any atom is 0.238 e. The Kier molecular flexibility index (Phi) is 5.20. The Bertz CT molecular complexity index is 2480. The number of nitrogens with zero attached hydrogens (tertiary/aromatic N) is 5. The quantitative estimate of drug-likeness (QED) is 0.214. The molecule has 9 aromatic rings. The Morgan fingerprint density at radius 3 is 1.73 bits per heavy atom. The fourth-order valence-corrected chi connectivity index (χ4v) is 6.40. The van der Waals surface area contributed by atoms with E-state index >= 15 is 0 Å². The molecule has 6 aromatic carbocycles. The zero-order valence-corrected chi connectivity index (χ0v) is 23.6. The fraction of sp³-hybridized carbons (Fsp3) is 0. The van der Waals surface area contributed by atoms with E-state index in [0.29, 0.717) is 23.6 Å². The van der Waals surface area contributed by atoms with Crippen LogP contribution in [0.4, 0.5) is 0 Å². The maximum atomic E-state index is 8.42. The van der Waals surface area contributed by atoms with Crippen molar-refractivity contribution in [2.75, 3.05) is 0 Å². The second-order valence-corrected chi connectivity index (χ2v) is 10.8. The molecule has 3 heterocycles. The summed E-state index contributed by atoms with van der Waals surface area (Å²) in [7, 11) is 0. The summed E-state index contributed by atoms with van der Waals surface area (Å²) in [5, 5.41) is 4.37. The van der Waals surface area contributed by atoms with Crippen LogP contribution in [0.15, 0.2) is 152 Å². The second kappa shape index (κ2) is 9.75. The minimum atomic E-state index is 0.490. The molecule has 9 rings (SSSR count). The summed E-state index contributed by atoms with van der Waals surface area (Å²) < 4.78 is 12.9. The van der Waals surface area contributed by atoms with Gasteiger partial charge in [0.05, 0.1) is 23.4 Å². The van der Waals surface area contributed by atoms with Crippen LogP contribution in [-0.2, 0) is 0 Å². The second-order valence-electron chi connectivity index (χ2n) is 10.8. The predicted octanol–water partition coefficient (Wildman–Crippen LogP) is 9.40. The molecule has 44 heavy (non-hydrogen) atoms. The first-order valence-corrected chi connectivity index (χ1v) is 14.6. The number of fused-ring (bicyclic) bond motifs is 7. The Morgan fingerprint density at radius 2 is 1.02 bits per heavy atom. The van der Waals surface area contributed by atoms with Crippen molar-refractivity contribution in [2.45, 2.75) is 0 Å². The van der Waals surface area contributed by atoms with Gasteiger partial charge in [0.25, 0.3) is 0 Å².